The second kappa shape index (κ2) is 10.3. The number of ether oxygens (including phenoxy) is 3. The summed E-state index contributed by atoms with van der Waals surface area (Å²) in [6.45, 7) is 0.454. The third kappa shape index (κ3) is 4.77. The average Bonchev–Trinajstić information content (AvgIpc) is 3.12. The zero-order chi connectivity index (χ0) is 23.3. The molecular weight excluding hydrogens is 430 g/mol. The van der Waals surface area contributed by atoms with E-state index in [0.717, 1.165) is 5.56 Å². The summed E-state index contributed by atoms with van der Waals surface area (Å²) in [4.78, 5) is 29.0. The van der Waals surface area contributed by atoms with Crippen LogP contribution in [0.1, 0.15) is 12.0 Å². The normalized spacial score (nSPS) is 15.5. The Kier molecular flexibility index (Phi) is 7.53. The Bertz CT molecular complexity index is 996. The van der Waals surface area contributed by atoms with Crippen molar-refractivity contribution in [1.82, 2.24) is 10.2 Å². The molecule has 1 fully saturated rings. The maximum Gasteiger partial charge on any atom is 0.257 e. The molecule has 0 saturated carbocycles. The first-order chi connectivity index (χ1) is 15.4. The second-order valence-corrected chi connectivity index (χ2v) is 7.56. The molecule has 1 aliphatic heterocycles. The third-order valence-corrected chi connectivity index (χ3v) is 5.83. The number of methoxy groups -OCH3 is 3. The van der Waals surface area contributed by atoms with Crippen LogP contribution in [-0.4, -0.2) is 62.8 Å². The van der Waals surface area contributed by atoms with Gasteiger partial charge in [-0.15, -0.1) is 0 Å². The van der Waals surface area contributed by atoms with Gasteiger partial charge in [-0.25, -0.2) is 4.90 Å². The van der Waals surface area contributed by atoms with E-state index in [1.807, 2.05) is 18.2 Å². The highest BCUT2D eigenvalue weighted by Gasteiger charge is 2.43. The molecule has 1 N–H and O–H groups in total. The maximum absolute atomic E-state index is 13.2. The van der Waals surface area contributed by atoms with E-state index in [-0.39, 0.29) is 18.2 Å². The lowest BCUT2D eigenvalue weighted by Crippen LogP contribution is -2.49. The zero-order valence-electron chi connectivity index (χ0n) is 18.6. The number of amides is 2. The number of hydrogen-bond acceptors (Lipinski definition) is 6. The Morgan fingerprint density at radius 3 is 2.34 bits per heavy atom. The van der Waals surface area contributed by atoms with Crippen molar-refractivity contribution < 1.29 is 23.8 Å². The summed E-state index contributed by atoms with van der Waals surface area (Å²) in [6, 6.07) is 11.8. The quantitative estimate of drug-likeness (QED) is 0.478. The highest BCUT2D eigenvalue weighted by Crippen LogP contribution is 2.29. The molecule has 1 heterocycles. The number of carbonyl (C=O) groups is 2. The van der Waals surface area contributed by atoms with E-state index in [9.17, 15) is 9.59 Å². The lowest BCUT2D eigenvalue weighted by molar-refractivity contribution is -0.122. The molecular formula is C23H27N3O5S. The van der Waals surface area contributed by atoms with Gasteiger partial charge in [-0.3, -0.25) is 9.59 Å². The van der Waals surface area contributed by atoms with Gasteiger partial charge in [0.1, 0.15) is 11.8 Å². The molecule has 2 aromatic rings. The van der Waals surface area contributed by atoms with Gasteiger partial charge in [-0.2, -0.15) is 0 Å². The van der Waals surface area contributed by atoms with Gasteiger partial charge in [0, 0.05) is 13.6 Å². The van der Waals surface area contributed by atoms with Crippen LogP contribution in [0.3, 0.4) is 0 Å². The first-order valence-corrected chi connectivity index (χ1v) is 10.5. The van der Waals surface area contributed by atoms with Gasteiger partial charge in [0.05, 0.1) is 33.4 Å². The van der Waals surface area contributed by atoms with Gasteiger partial charge in [-0.1, -0.05) is 6.07 Å². The Balaban J connectivity index is 1.79. The van der Waals surface area contributed by atoms with E-state index >= 15 is 0 Å². The molecule has 3 rings (SSSR count). The first-order valence-electron chi connectivity index (χ1n) is 10.1. The van der Waals surface area contributed by atoms with Gasteiger partial charge >= 0.3 is 0 Å². The molecule has 2 amide bonds. The molecule has 1 saturated heterocycles. The van der Waals surface area contributed by atoms with E-state index in [1.165, 1.54) is 4.90 Å². The first kappa shape index (κ1) is 23.3. The van der Waals surface area contributed by atoms with Crippen LogP contribution in [0.25, 0.3) is 0 Å². The van der Waals surface area contributed by atoms with Crippen LogP contribution < -0.4 is 24.4 Å². The topological polar surface area (TPSA) is 80.3 Å². The fourth-order valence-corrected chi connectivity index (χ4v) is 3.91. The number of hydrogen-bond donors (Lipinski definition) is 1. The van der Waals surface area contributed by atoms with Crippen LogP contribution in [0, 0.1) is 0 Å². The number of nitrogens with zero attached hydrogens (tertiary/aromatic N) is 2. The number of benzene rings is 2. The van der Waals surface area contributed by atoms with Crippen LogP contribution >= 0.6 is 12.2 Å². The predicted molar refractivity (Wildman–Crippen MR) is 126 cm³/mol. The zero-order valence-corrected chi connectivity index (χ0v) is 19.4. The SMILES string of the molecule is CNC(=S)N(CCc1ccc(OC)c(OC)c1)[C@@H]1CC(=O)N(c2ccc(OC)cc2)C1=O. The minimum absolute atomic E-state index is 0.0542. The molecule has 9 heteroatoms. The molecule has 170 valence electrons. The summed E-state index contributed by atoms with van der Waals surface area (Å²) in [5.41, 5.74) is 1.51. The van der Waals surface area contributed by atoms with E-state index in [0.29, 0.717) is 41.0 Å². The molecule has 8 nitrogen and oxygen atoms in total. The molecule has 0 radical (unpaired) electrons. The molecule has 0 aromatic heterocycles. The van der Waals surface area contributed by atoms with Crippen molar-refractivity contribution in [3.63, 3.8) is 0 Å². The lowest BCUT2D eigenvalue weighted by atomic mass is 10.1. The Morgan fingerprint density at radius 2 is 1.75 bits per heavy atom. The van der Waals surface area contributed by atoms with Crippen molar-refractivity contribution in [3.8, 4) is 17.2 Å². The minimum atomic E-state index is -0.676. The highest BCUT2D eigenvalue weighted by molar-refractivity contribution is 7.80. The van der Waals surface area contributed by atoms with E-state index < -0.39 is 6.04 Å². The molecule has 0 unspecified atom stereocenters. The summed E-state index contributed by atoms with van der Waals surface area (Å²) < 4.78 is 15.8. The lowest BCUT2D eigenvalue weighted by Gasteiger charge is -2.29. The van der Waals surface area contributed by atoms with E-state index in [4.69, 9.17) is 26.4 Å². The van der Waals surface area contributed by atoms with Gasteiger partial charge in [0.25, 0.3) is 5.91 Å². The molecule has 32 heavy (non-hydrogen) atoms. The fourth-order valence-electron chi connectivity index (χ4n) is 3.69. The summed E-state index contributed by atoms with van der Waals surface area (Å²) in [5, 5.41) is 3.35. The molecule has 1 aliphatic rings. The summed E-state index contributed by atoms with van der Waals surface area (Å²) in [5.74, 6) is 1.36. The standard InChI is InChI=1S/C23H27N3O5S/c1-24-23(32)25(12-11-15-5-10-19(30-3)20(13-15)31-4)18-14-21(27)26(22(18)28)16-6-8-17(29-2)9-7-16/h5-10,13,18H,11-12,14H2,1-4H3,(H,24,32)/t18-/m1/s1. The van der Waals surface area contributed by atoms with Gasteiger partial charge < -0.3 is 24.4 Å². The number of imide groups is 1. The van der Waals surface area contributed by atoms with Gasteiger partial charge in [0.2, 0.25) is 5.91 Å². The van der Waals surface area contributed by atoms with Crippen molar-refractivity contribution >= 4 is 34.8 Å². The summed E-state index contributed by atoms with van der Waals surface area (Å²) in [7, 11) is 6.43. The number of rotatable bonds is 8. The van der Waals surface area contributed by atoms with E-state index in [2.05, 4.69) is 5.32 Å². The van der Waals surface area contributed by atoms with Crippen LogP contribution in [0.15, 0.2) is 42.5 Å². The monoisotopic (exact) mass is 457 g/mol. The van der Waals surface area contributed by atoms with Crippen LogP contribution in [-0.2, 0) is 16.0 Å². The molecule has 1 atom stereocenters. The van der Waals surface area contributed by atoms with Crippen LogP contribution in [0.2, 0.25) is 0 Å². The summed E-state index contributed by atoms with van der Waals surface area (Å²) >= 11 is 5.47. The Morgan fingerprint density at radius 1 is 1.06 bits per heavy atom. The number of nitrogens with one attached hydrogen (secondary N) is 1. The van der Waals surface area contributed by atoms with Crippen LogP contribution in [0.4, 0.5) is 5.69 Å². The molecule has 0 bridgehead atoms. The van der Waals surface area contributed by atoms with E-state index in [1.54, 1.807) is 57.5 Å². The largest absolute Gasteiger partial charge is 0.497 e. The predicted octanol–water partition coefficient (Wildman–Crippen LogP) is 2.39. The number of thiocarbonyl (C=S) groups is 1. The van der Waals surface area contributed by atoms with Gasteiger partial charge in [-0.05, 0) is 60.6 Å². The van der Waals surface area contributed by atoms with Crippen molar-refractivity contribution in [2.24, 2.45) is 0 Å². The minimum Gasteiger partial charge on any atom is -0.497 e. The second-order valence-electron chi connectivity index (χ2n) is 7.17. The Labute approximate surface area is 193 Å². The fraction of sp³-hybridized carbons (Fsp3) is 0.348. The van der Waals surface area contributed by atoms with Crippen molar-refractivity contribution in [2.45, 2.75) is 18.9 Å². The average molecular weight is 458 g/mol. The molecule has 0 spiro atoms. The summed E-state index contributed by atoms with van der Waals surface area (Å²) in [6.07, 6.45) is 0.654. The van der Waals surface area contributed by atoms with Gasteiger partial charge in [0.15, 0.2) is 16.6 Å². The maximum atomic E-state index is 13.2. The van der Waals surface area contributed by atoms with Crippen LogP contribution in [0.5, 0.6) is 17.2 Å². The third-order valence-electron chi connectivity index (χ3n) is 5.39. The number of anilines is 1. The smallest absolute Gasteiger partial charge is 0.257 e. The Hall–Kier alpha value is -3.33. The van der Waals surface area contributed by atoms with Crippen molar-refractivity contribution in [2.75, 3.05) is 39.8 Å². The molecule has 0 aliphatic carbocycles. The highest BCUT2D eigenvalue weighted by atomic mass is 32.1. The number of carbonyl (C=O) groups excluding carboxylic acids is 2. The molecule has 2 aromatic carbocycles. The van der Waals surface area contributed by atoms with Crippen molar-refractivity contribution in [1.29, 1.82) is 0 Å². The van der Waals surface area contributed by atoms with Crippen molar-refractivity contribution in [3.05, 3.63) is 48.0 Å².